The van der Waals surface area contributed by atoms with E-state index in [1.54, 1.807) is 0 Å². The zero-order chi connectivity index (χ0) is 11.5. The minimum atomic E-state index is -1.40. The lowest BCUT2D eigenvalue weighted by molar-refractivity contribution is 0.474. The minimum Gasteiger partial charge on any atom is -0.321 e. The van der Waals surface area contributed by atoms with Crippen LogP contribution in [0.5, 0.6) is 0 Å². The summed E-state index contributed by atoms with van der Waals surface area (Å²) < 4.78 is 2.62. The van der Waals surface area contributed by atoms with E-state index in [9.17, 15) is 0 Å². The molecule has 0 aliphatic carbocycles. The summed E-state index contributed by atoms with van der Waals surface area (Å²) in [5.74, 6) is 0. The molecule has 1 nitrogen and oxygen atoms in total. The number of benzene rings is 1. The molecule has 2 heteroatoms. The Morgan fingerprint density at radius 2 is 1.47 bits per heavy atom. The molecule has 84 valence electrons. The van der Waals surface area contributed by atoms with Crippen molar-refractivity contribution in [3.63, 3.8) is 0 Å². The molecule has 1 aromatic carbocycles. The van der Waals surface area contributed by atoms with Gasteiger partial charge in [-0.05, 0) is 25.2 Å². The van der Waals surface area contributed by atoms with Crippen molar-refractivity contribution in [3.05, 3.63) is 29.8 Å². The van der Waals surface area contributed by atoms with Gasteiger partial charge in [0.25, 0.3) is 0 Å². The Kier molecular flexibility index (Phi) is 4.11. The van der Waals surface area contributed by atoms with E-state index >= 15 is 0 Å². The van der Waals surface area contributed by atoms with Crippen LogP contribution < -0.4 is 5.19 Å². The molecule has 0 N–H and O–H groups in total. The maximum atomic E-state index is 2.62. The molecule has 1 aromatic rings. The third-order valence-electron chi connectivity index (χ3n) is 3.31. The summed E-state index contributed by atoms with van der Waals surface area (Å²) >= 11 is 0. The first-order valence-electron chi connectivity index (χ1n) is 5.84. The highest BCUT2D eigenvalue weighted by molar-refractivity contribution is 6.87. The minimum absolute atomic E-state index is 1.16. The zero-order valence-corrected chi connectivity index (χ0v) is 11.7. The number of hydrogen-bond acceptors (Lipinski definition) is 1. The van der Waals surface area contributed by atoms with Crippen LogP contribution in [0.15, 0.2) is 24.3 Å². The summed E-state index contributed by atoms with van der Waals surface area (Å²) in [4.78, 5) is 0. The van der Waals surface area contributed by atoms with Crippen molar-refractivity contribution in [1.29, 1.82) is 0 Å². The predicted octanol–water partition coefficient (Wildman–Crippen LogP) is 2.75. The van der Waals surface area contributed by atoms with E-state index in [-0.39, 0.29) is 0 Å². The third-order valence-corrected chi connectivity index (χ3v) is 7.27. The van der Waals surface area contributed by atoms with Crippen molar-refractivity contribution >= 4 is 13.4 Å². The first-order valence-corrected chi connectivity index (χ1v) is 8.79. The van der Waals surface area contributed by atoms with Crippen LogP contribution in [0.3, 0.4) is 0 Å². The zero-order valence-electron chi connectivity index (χ0n) is 10.7. The van der Waals surface area contributed by atoms with Crippen molar-refractivity contribution in [1.82, 2.24) is 4.57 Å². The van der Waals surface area contributed by atoms with Crippen molar-refractivity contribution in [2.75, 3.05) is 13.1 Å². The van der Waals surface area contributed by atoms with Gasteiger partial charge in [0, 0.05) is 0 Å². The maximum absolute atomic E-state index is 2.62. The van der Waals surface area contributed by atoms with Gasteiger partial charge in [0.15, 0.2) is 8.24 Å². The molecule has 0 unspecified atom stereocenters. The number of rotatable bonds is 4. The van der Waals surface area contributed by atoms with Crippen LogP contribution in [0, 0.1) is 6.92 Å². The molecule has 0 fully saturated rings. The summed E-state index contributed by atoms with van der Waals surface area (Å²) in [5, 5.41) is 1.54. The Morgan fingerprint density at radius 1 is 1.00 bits per heavy atom. The standard InChI is InChI=1S/C13H23NSi/c1-6-14(7-2)15(4,5)13-10-8-12(3)9-11-13/h8-11H,6-7H2,1-5H3. The number of hydrogen-bond donors (Lipinski definition) is 0. The fourth-order valence-electron chi connectivity index (χ4n) is 2.16. The largest absolute Gasteiger partial charge is 0.321 e. The van der Waals surface area contributed by atoms with E-state index in [1.165, 1.54) is 10.8 Å². The molecule has 0 saturated heterocycles. The van der Waals surface area contributed by atoms with Gasteiger partial charge in [-0.25, -0.2) is 0 Å². The van der Waals surface area contributed by atoms with Gasteiger partial charge in [0.05, 0.1) is 0 Å². The van der Waals surface area contributed by atoms with Crippen molar-refractivity contribution in [2.24, 2.45) is 0 Å². The van der Waals surface area contributed by atoms with Gasteiger partial charge in [-0.1, -0.05) is 56.8 Å². The average Bonchev–Trinajstić information content (AvgIpc) is 2.19. The van der Waals surface area contributed by atoms with E-state index in [0.29, 0.717) is 0 Å². The van der Waals surface area contributed by atoms with Crippen LogP contribution in [0.1, 0.15) is 19.4 Å². The first-order chi connectivity index (χ1) is 7.02. The van der Waals surface area contributed by atoms with Crippen LogP contribution in [-0.2, 0) is 0 Å². The smallest absolute Gasteiger partial charge is 0.154 e. The third kappa shape index (κ3) is 2.70. The Bertz CT molecular complexity index is 299. The lowest BCUT2D eigenvalue weighted by atomic mass is 10.2. The summed E-state index contributed by atoms with van der Waals surface area (Å²) in [6.45, 7) is 13.8. The molecule has 1 rings (SSSR count). The van der Waals surface area contributed by atoms with Gasteiger partial charge in [-0.2, -0.15) is 0 Å². The van der Waals surface area contributed by atoms with Crippen LogP contribution in [0.4, 0.5) is 0 Å². The second-order valence-electron chi connectivity index (χ2n) is 4.60. The van der Waals surface area contributed by atoms with Crippen LogP contribution in [-0.4, -0.2) is 25.9 Å². The molecule has 0 heterocycles. The summed E-state index contributed by atoms with van der Waals surface area (Å²) in [6, 6.07) is 9.07. The lowest BCUT2D eigenvalue weighted by Crippen LogP contribution is -2.57. The fraction of sp³-hybridized carbons (Fsp3) is 0.538. The molecule has 0 aliphatic heterocycles. The Balaban J connectivity index is 2.98. The molecular formula is C13H23NSi. The van der Waals surface area contributed by atoms with E-state index in [2.05, 4.69) is 62.7 Å². The number of aryl methyl sites for hydroxylation is 1. The van der Waals surface area contributed by atoms with Gasteiger partial charge >= 0.3 is 0 Å². The summed E-state index contributed by atoms with van der Waals surface area (Å²) in [6.07, 6.45) is 0. The Morgan fingerprint density at radius 3 is 1.87 bits per heavy atom. The van der Waals surface area contributed by atoms with Gasteiger partial charge in [-0.3, -0.25) is 0 Å². The average molecular weight is 221 g/mol. The second-order valence-corrected chi connectivity index (χ2v) is 8.93. The van der Waals surface area contributed by atoms with Crippen LogP contribution in [0.25, 0.3) is 0 Å². The van der Waals surface area contributed by atoms with E-state index < -0.39 is 8.24 Å². The highest BCUT2D eigenvalue weighted by Crippen LogP contribution is 2.10. The molecular weight excluding hydrogens is 198 g/mol. The lowest BCUT2D eigenvalue weighted by Gasteiger charge is -2.35. The Hall–Kier alpha value is -0.603. The van der Waals surface area contributed by atoms with Gasteiger partial charge in [0.2, 0.25) is 0 Å². The maximum Gasteiger partial charge on any atom is 0.154 e. The molecule has 0 aliphatic rings. The van der Waals surface area contributed by atoms with Crippen molar-refractivity contribution in [2.45, 2.75) is 33.9 Å². The monoisotopic (exact) mass is 221 g/mol. The molecule has 0 spiro atoms. The fourth-order valence-corrected chi connectivity index (χ4v) is 5.09. The first kappa shape index (κ1) is 12.5. The SMILES string of the molecule is CCN(CC)[Si](C)(C)c1ccc(C)cc1. The highest BCUT2D eigenvalue weighted by atomic mass is 28.3. The van der Waals surface area contributed by atoms with Crippen LogP contribution in [0.2, 0.25) is 13.1 Å². The van der Waals surface area contributed by atoms with Gasteiger partial charge < -0.3 is 4.57 Å². The molecule has 0 radical (unpaired) electrons. The second kappa shape index (κ2) is 4.95. The molecule has 0 atom stereocenters. The van der Waals surface area contributed by atoms with Crippen LogP contribution >= 0.6 is 0 Å². The normalized spacial score (nSPS) is 12.1. The predicted molar refractivity (Wildman–Crippen MR) is 71.2 cm³/mol. The summed E-state index contributed by atoms with van der Waals surface area (Å²) in [7, 11) is -1.40. The van der Waals surface area contributed by atoms with E-state index in [0.717, 1.165) is 13.1 Å². The molecule has 0 saturated carbocycles. The quantitative estimate of drug-likeness (QED) is 0.707. The summed E-state index contributed by atoms with van der Waals surface area (Å²) in [5.41, 5.74) is 1.35. The molecule has 0 bridgehead atoms. The topological polar surface area (TPSA) is 3.24 Å². The highest BCUT2D eigenvalue weighted by Gasteiger charge is 2.29. The van der Waals surface area contributed by atoms with Gasteiger partial charge in [-0.15, -0.1) is 0 Å². The van der Waals surface area contributed by atoms with Crippen molar-refractivity contribution in [3.8, 4) is 0 Å². The van der Waals surface area contributed by atoms with Gasteiger partial charge in [0.1, 0.15) is 0 Å². The molecule has 0 amide bonds. The van der Waals surface area contributed by atoms with E-state index in [4.69, 9.17) is 0 Å². The Labute approximate surface area is 95.2 Å². The molecule has 0 aromatic heterocycles. The molecule has 15 heavy (non-hydrogen) atoms. The number of nitrogens with zero attached hydrogens (tertiary/aromatic N) is 1. The van der Waals surface area contributed by atoms with E-state index in [1.807, 2.05) is 0 Å². The van der Waals surface area contributed by atoms with Crippen molar-refractivity contribution < 1.29 is 0 Å².